The lowest BCUT2D eigenvalue weighted by Crippen LogP contribution is -2.30. The molecule has 1 aliphatic carbocycles. The predicted molar refractivity (Wildman–Crippen MR) is 70.0 cm³/mol. The maximum atomic E-state index is 11.6. The summed E-state index contributed by atoms with van der Waals surface area (Å²) in [6.07, 6.45) is 7.03. The van der Waals surface area contributed by atoms with Crippen molar-refractivity contribution in [3.05, 3.63) is 42.0 Å². The lowest BCUT2D eigenvalue weighted by Gasteiger charge is -2.13. The first-order valence-electron chi connectivity index (χ1n) is 6.12. The number of carbonyl (C=O) groups is 1. The van der Waals surface area contributed by atoms with Gasteiger partial charge in [0.15, 0.2) is 0 Å². The normalized spacial score (nSPS) is 14.9. The van der Waals surface area contributed by atoms with Gasteiger partial charge in [0.1, 0.15) is 0 Å². The lowest BCUT2D eigenvalue weighted by molar-refractivity contribution is 0.252. The fourth-order valence-electron chi connectivity index (χ4n) is 1.96. The molecule has 0 atom stereocenters. The van der Waals surface area contributed by atoms with Gasteiger partial charge >= 0.3 is 6.03 Å². The summed E-state index contributed by atoms with van der Waals surface area (Å²) >= 11 is 0. The Kier molecular flexibility index (Phi) is 4.19. The minimum atomic E-state index is -0.136. The standard InChI is InChI=1S/C14H18N2O/c17-14(16-13-9-5-2-6-10-13)15-11-12-7-3-1-4-8-12/h2,5-7,9-10H,1,3-4,8,11H2,(H2,15,16,17). The van der Waals surface area contributed by atoms with Crippen molar-refractivity contribution in [2.45, 2.75) is 25.7 Å². The summed E-state index contributed by atoms with van der Waals surface area (Å²) in [5.41, 5.74) is 2.17. The van der Waals surface area contributed by atoms with Crippen molar-refractivity contribution in [1.29, 1.82) is 0 Å². The number of rotatable bonds is 3. The highest BCUT2D eigenvalue weighted by Crippen LogP contribution is 2.16. The van der Waals surface area contributed by atoms with Crippen LogP contribution in [-0.2, 0) is 0 Å². The fourth-order valence-corrected chi connectivity index (χ4v) is 1.96. The molecule has 1 aromatic rings. The van der Waals surface area contributed by atoms with E-state index in [2.05, 4.69) is 16.7 Å². The quantitative estimate of drug-likeness (QED) is 0.768. The van der Waals surface area contributed by atoms with Crippen LogP contribution in [0.15, 0.2) is 42.0 Å². The van der Waals surface area contributed by atoms with Crippen LogP contribution in [0.1, 0.15) is 25.7 Å². The SMILES string of the molecule is O=C(NCC1=CCCCC1)Nc1ccccc1. The fraction of sp³-hybridized carbons (Fsp3) is 0.357. The molecule has 17 heavy (non-hydrogen) atoms. The molecule has 2 N–H and O–H groups in total. The molecule has 1 aromatic carbocycles. The number of anilines is 1. The molecular weight excluding hydrogens is 212 g/mol. The van der Waals surface area contributed by atoms with Gasteiger partial charge in [0, 0.05) is 12.2 Å². The van der Waals surface area contributed by atoms with E-state index in [0.717, 1.165) is 18.5 Å². The van der Waals surface area contributed by atoms with Gasteiger partial charge in [-0.3, -0.25) is 0 Å². The molecule has 0 bridgehead atoms. The number of benzene rings is 1. The molecule has 0 heterocycles. The van der Waals surface area contributed by atoms with Gasteiger partial charge in [-0.05, 0) is 37.8 Å². The maximum absolute atomic E-state index is 11.6. The van der Waals surface area contributed by atoms with Gasteiger partial charge in [-0.25, -0.2) is 4.79 Å². The Bertz CT molecular complexity index is 398. The summed E-state index contributed by atoms with van der Waals surface area (Å²) in [5, 5.41) is 5.69. The Labute approximate surface area is 102 Å². The molecule has 0 spiro atoms. The van der Waals surface area contributed by atoms with E-state index in [1.165, 1.54) is 18.4 Å². The van der Waals surface area contributed by atoms with E-state index in [-0.39, 0.29) is 6.03 Å². The topological polar surface area (TPSA) is 41.1 Å². The van der Waals surface area contributed by atoms with E-state index >= 15 is 0 Å². The summed E-state index contributed by atoms with van der Waals surface area (Å²) in [5.74, 6) is 0. The van der Waals surface area contributed by atoms with Gasteiger partial charge in [0.25, 0.3) is 0 Å². The van der Waals surface area contributed by atoms with Crippen molar-refractivity contribution in [1.82, 2.24) is 5.32 Å². The molecule has 0 unspecified atom stereocenters. The highest BCUT2D eigenvalue weighted by Gasteiger charge is 2.05. The number of hydrogen-bond donors (Lipinski definition) is 2. The van der Waals surface area contributed by atoms with Crippen LogP contribution in [0, 0.1) is 0 Å². The molecule has 0 aliphatic heterocycles. The van der Waals surface area contributed by atoms with E-state index in [0.29, 0.717) is 6.54 Å². The molecule has 3 heteroatoms. The van der Waals surface area contributed by atoms with Gasteiger partial charge < -0.3 is 10.6 Å². The number of urea groups is 1. The van der Waals surface area contributed by atoms with Gasteiger partial charge in [-0.15, -0.1) is 0 Å². The first-order chi connectivity index (χ1) is 8.34. The molecule has 2 amide bonds. The molecule has 0 saturated heterocycles. The van der Waals surface area contributed by atoms with E-state index in [1.807, 2.05) is 30.3 Å². The van der Waals surface area contributed by atoms with Crippen LogP contribution in [0.25, 0.3) is 0 Å². The summed E-state index contributed by atoms with van der Waals surface area (Å²) in [7, 11) is 0. The number of hydrogen-bond acceptors (Lipinski definition) is 1. The van der Waals surface area contributed by atoms with Crippen molar-refractivity contribution < 1.29 is 4.79 Å². The third kappa shape index (κ3) is 3.94. The zero-order valence-electron chi connectivity index (χ0n) is 9.91. The van der Waals surface area contributed by atoms with Crippen molar-refractivity contribution in [2.24, 2.45) is 0 Å². The third-order valence-electron chi connectivity index (χ3n) is 2.89. The third-order valence-corrected chi connectivity index (χ3v) is 2.89. The first kappa shape index (κ1) is 11.7. The number of amides is 2. The second-order valence-corrected chi connectivity index (χ2v) is 4.28. The van der Waals surface area contributed by atoms with Crippen molar-refractivity contribution in [3.8, 4) is 0 Å². The van der Waals surface area contributed by atoms with Gasteiger partial charge in [0.2, 0.25) is 0 Å². The molecular formula is C14H18N2O. The van der Waals surface area contributed by atoms with Gasteiger partial charge in [0.05, 0.1) is 0 Å². The Morgan fingerprint density at radius 1 is 1.18 bits per heavy atom. The maximum Gasteiger partial charge on any atom is 0.319 e. The van der Waals surface area contributed by atoms with Crippen LogP contribution < -0.4 is 10.6 Å². The van der Waals surface area contributed by atoms with Gasteiger partial charge in [-0.1, -0.05) is 29.8 Å². The largest absolute Gasteiger partial charge is 0.334 e. The van der Waals surface area contributed by atoms with E-state index < -0.39 is 0 Å². The second-order valence-electron chi connectivity index (χ2n) is 4.28. The highest BCUT2D eigenvalue weighted by molar-refractivity contribution is 5.89. The summed E-state index contributed by atoms with van der Waals surface area (Å²) in [6.45, 7) is 0.665. The van der Waals surface area contributed by atoms with E-state index in [9.17, 15) is 4.79 Å². The molecule has 2 rings (SSSR count). The number of nitrogens with one attached hydrogen (secondary N) is 2. The molecule has 0 saturated carbocycles. The molecule has 1 aliphatic rings. The van der Waals surface area contributed by atoms with Crippen LogP contribution in [0.2, 0.25) is 0 Å². The van der Waals surface area contributed by atoms with Crippen molar-refractivity contribution in [2.75, 3.05) is 11.9 Å². The van der Waals surface area contributed by atoms with Gasteiger partial charge in [-0.2, -0.15) is 0 Å². The molecule has 90 valence electrons. The smallest absolute Gasteiger partial charge is 0.319 e. The van der Waals surface area contributed by atoms with Crippen LogP contribution >= 0.6 is 0 Å². The van der Waals surface area contributed by atoms with Crippen LogP contribution in [0.3, 0.4) is 0 Å². The minimum absolute atomic E-state index is 0.136. The number of para-hydroxylation sites is 1. The zero-order chi connectivity index (χ0) is 11.9. The van der Waals surface area contributed by atoms with Crippen LogP contribution in [0.5, 0.6) is 0 Å². The molecule has 0 fully saturated rings. The lowest BCUT2D eigenvalue weighted by atomic mass is 10.00. The zero-order valence-corrected chi connectivity index (χ0v) is 9.91. The first-order valence-corrected chi connectivity index (χ1v) is 6.12. The Morgan fingerprint density at radius 3 is 2.71 bits per heavy atom. The van der Waals surface area contributed by atoms with Crippen molar-refractivity contribution in [3.63, 3.8) is 0 Å². The predicted octanol–water partition coefficient (Wildman–Crippen LogP) is 3.31. The average molecular weight is 230 g/mol. The van der Waals surface area contributed by atoms with E-state index in [1.54, 1.807) is 0 Å². The Hall–Kier alpha value is -1.77. The number of allylic oxidation sites excluding steroid dienone is 1. The summed E-state index contributed by atoms with van der Waals surface area (Å²) < 4.78 is 0. The van der Waals surface area contributed by atoms with Crippen molar-refractivity contribution >= 4 is 11.7 Å². The van der Waals surface area contributed by atoms with E-state index in [4.69, 9.17) is 0 Å². The minimum Gasteiger partial charge on any atom is -0.334 e. The van der Waals surface area contributed by atoms with Crippen LogP contribution in [0.4, 0.5) is 10.5 Å². The van der Waals surface area contributed by atoms with Crippen LogP contribution in [-0.4, -0.2) is 12.6 Å². The monoisotopic (exact) mass is 230 g/mol. The summed E-state index contributed by atoms with van der Waals surface area (Å²) in [6, 6.07) is 9.34. The molecule has 3 nitrogen and oxygen atoms in total. The average Bonchev–Trinajstić information content (AvgIpc) is 2.39. The molecule has 0 aromatic heterocycles. The number of carbonyl (C=O) groups excluding carboxylic acids is 1. The highest BCUT2D eigenvalue weighted by atomic mass is 16.2. The second kappa shape index (κ2) is 6.09. The summed E-state index contributed by atoms with van der Waals surface area (Å²) in [4.78, 5) is 11.6. The Balaban J connectivity index is 1.76. The Morgan fingerprint density at radius 2 is 2.00 bits per heavy atom. The molecule has 0 radical (unpaired) electrons.